The minimum atomic E-state index is -4.52. The Bertz CT molecular complexity index is 932. The van der Waals surface area contributed by atoms with E-state index in [0.29, 0.717) is 0 Å². The third-order valence-electron chi connectivity index (χ3n) is 3.98. The van der Waals surface area contributed by atoms with Gasteiger partial charge in [0.2, 0.25) is 5.95 Å². The van der Waals surface area contributed by atoms with Crippen molar-refractivity contribution in [1.29, 1.82) is 0 Å². The van der Waals surface area contributed by atoms with Crippen molar-refractivity contribution in [1.82, 2.24) is 19.7 Å². The summed E-state index contributed by atoms with van der Waals surface area (Å²) >= 11 is 0. The number of rotatable bonds is 5. The van der Waals surface area contributed by atoms with E-state index in [1.807, 2.05) is 25.4 Å². The second-order valence-corrected chi connectivity index (χ2v) is 5.91. The van der Waals surface area contributed by atoms with Gasteiger partial charge in [0.05, 0.1) is 5.52 Å². The van der Waals surface area contributed by atoms with Gasteiger partial charge < -0.3 is 10.6 Å². The predicted octanol–water partition coefficient (Wildman–Crippen LogP) is 4.12. The zero-order chi connectivity index (χ0) is 18.9. The molecule has 3 aromatic rings. The molecule has 9 heteroatoms. The van der Waals surface area contributed by atoms with Gasteiger partial charge in [-0.1, -0.05) is 13.3 Å². The van der Waals surface area contributed by atoms with Crippen molar-refractivity contribution < 1.29 is 13.2 Å². The van der Waals surface area contributed by atoms with Gasteiger partial charge in [-0.15, -0.1) is 0 Å². The summed E-state index contributed by atoms with van der Waals surface area (Å²) in [5.41, 5.74) is 1.68. The van der Waals surface area contributed by atoms with E-state index in [9.17, 15) is 13.2 Å². The number of aryl methyl sites for hydroxylation is 2. The molecule has 0 bridgehead atoms. The number of benzene rings is 1. The van der Waals surface area contributed by atoms with Gasteiger partial charge in [-0.25, -0.2) is 4.98 Å². The Morgan fingerprint density at radius 2 is 2.00 bits per heavy atom. The lowest BCUT2D eigenvalue weighted by Gasteiger charge is -2.14. The fraction of sp³-hybridized carbons (Fsp3) is 0.353. The Morgan fingerprint density at radius 1 is 1.23 bits per heavy atom. The SMILES string of the molecule is CCCc1c(Nc2ncc(C(F)(F)F)c(NC)n2)ccc2cn(C)nc12. The minimum absolute atomic E-state index is 0.0926. The second-order valence-electron chi connectivity index (χ2n) is 5.91. The third kappa shape index (κ3) is 3.42. The predicted molar refractivity (Wildman–Crippen MR) is 94.6 cm³/mol. The summed E-state index contributed by atoms with van der Waals surface area (Å²) in [5, 5.41) is 11.0. The molecule has 2 aromatic heterocycles. The van der Waals surface area contributed by atoms with Gasteiger partial charge in [-0.3, -0.25) is 4.68 Å². The Labute approximate surface area is 148 Å². The van der Waals surface area contributed by atoms with Crippen molar-refractivity contribution in [3.8, 4) is 0 Å². The number of hydrogen-bond donors (Lipinski definition) is 2. The van der Waals surface area contributed by atoms with Crippen LogP contribution in [0.4, 0.5) is 30.6 Å². The summed E-state index contributed by atoms with van der Waals surface area (Å²) in [6, 6.07) is 3.78. The standard InChI is InChI=1S/C17H19F3N6/c1-4-5-11-13(7-6-10-9-26(3)25-14(10)11)23-16-22-8-12(17(18,19)20)15(21-2)24-16/h6-9H,4-5H2,1-3H3,(H2,21,22,23,24). The molecule has 0 saturated carbocycles. The van der Waals surface area contributed by atoms with Gasteiger partial charge in [0.25, 0.3) is 0 Å². The van der Waals surface area contributed by atoms with Crippen molar-refractivity contribution in [3.05, 3.63) is 35.7 Å². The molecular formula is C17H19F3N6. The molecule has 0 atom stereocenters. The lowest BCUT2D eigenvalue weighted by Crippen LogP contribution is -2.12. The molecule has 0 aliphatic rings. The molecule has 2 N–H and O–H groups in total. The van der Waals surface area contributed by atoms with Crippen molar-refractivity contribution >= 4 is 28.4 Å². The maximum atomic E-state index is 13.0. The quantitative estimate of drug-likeness (QED) is 0.713. The molecule has 2 heterocycles. The summed E-state index contributed by atoms with van der Waals surface area (Å²) in [6.45, 7) is 2.05. The molecular weight excluding hydrogens is 345 g/mol. The molecule has 0 aliphatic heterocycles. The molecule has 26 heavy (non-hydrogen) atoms. The lowest BCUT2D eigenvalue weighted by molar-refractivity contribution is -0.137. The van der Waals surface area contributed by atoms with Gasteiger partial charge in [-0.05, 0) is 18.6 Å². The second kappa shape index (κ2) is 6.81. The van der Waals surface area contributed by atoms with Gasteiger partial charge in [0.15, 0.2) is 0 Å². The maximum absolute atomic E-state index is 13.0. The number of alkyl halides is 3. The first kappa shape index (κ1) is 18.0. The van der Waals surface area contributed by atoms with Crippen LogP contribution in [0.5, 0.6) is 0 Å². The molecule has 6 nitrogen and oxygen atoms in total. The number of nitrogens with zero attached hydrogens (tertiary/aromatic N) is 4. The van der Waals surface area contributed by atoms with Crippen molar-refractivity contribution in [3.63, 3.8) is 0 Å². The van der Waals surface area contributed by atoms with Crippen molar-refractivity contribution in [2.45, 2.75) is 25.9 Å². The summed E-state index contributed by atoms with van der Waals surface area (Å²) in [5.74, 6) is -0.180. The number of fused-ring (bicyclic) bond motifs is 1. The minimum Gasteiger partial charge on any atom is -0.372 e. The molecule has 0 radical (unpaired) electrons. The van der Waals surface area contributed by atoms with E-state index < -0.39 is 11.7 Å². The van der Waals surface area contributed by atoms with Crippen LogP contribution in [0.2, 0.25) is 0 Å². The van der Waals surface area contributed by atoms with Crippen LogP contribution in [0.25, 0.3) is 10.9 Å². The fourth-order valence-corrected chi connectivity index (χ4v) is 2.85. The first-order valence-corrected chi connectivity index (χ1v) is 8.17. The summed E-state index contributed by atoms with van der Waals surface area (Å²) in [4.78, 5) is 7.79. The highest BCUT2D eigenvalue weighted by Crippen LogP contribution is 2.34. The van der Waals surface area contributed by atoms with E-state index in [1.165, 1.54) is 7.05 Å². The molecule has 0 spiro atoms. The molecule has 3 rings (SSSR count). The number of aromatic nitrogens is 4. The topological polar surface area (TPSA) is 67.7 Å². The van der Waals surface area contributed by atoms with Gasteiger partial charge in [0, 0.05) is 43.1 Å². The molecule has 0 fully saturated rings. The molecule has 0 saturated heterocycles. The normalized spacial score (nSPS) is 11.8. The summed E-state index contributed by atoms with van der Waals surface area (Å²) in [7, 11) is 3.24. The Balaban J connectivity index is 2.02. The maximum Gasteiger partial charge on any atom is 0.421 e. The number of anilines is 3. The third-order valence-corrected chi connectivity index (χ3v) is 3.98. The lowest BCUT2D eigenvalue weighted by atomic mass is 10.0. The van der Waals surface area contributed by atoms with E-state index >= 15 is 0 Å². The largest absolute Gasteiger partial charge is 0.421 e. The van der Waals surface area contributed by atoms with Crippen LogP contribution in [0.15, 0.2) is 24.5 Å². The first-order valence-electron chi connectivity index (χ1n) is 8.17. The van der Waals surface area contributed by atoms with Crippen LogP contribution in [0, 0.1) is 0 Å². The van der Waals surface area contributed by atoms with Crippen LogP contribution in [0.1, 0.15) is 24.5 Å². The Kier molecular flexibility index (Phi) is 4.71. The number of nitrogens with one attached hydrogen (secondary N) is 2. The number of halogens is 3. The van der Waals surface area contributed by atoms with Crippen LogP contribution in [-0.2, 0) is 19.6 Å². The average Bonchev–Trinajstić information content (AvgIpc) is 2.96. The molecule has 1 aromatic carbocycles. The van der Waals surface area contributed by atoms with E-state index in [4.69, 9.17) is 0 Å². The smallest absolute Gasteiger partial charge is 0.372 e. The molecule has 138 valence electrons. The monoisotopic (exact) mass is 364 g/mol. The van der Waals surface area contributed by atoms with Gasteiger partial charge in [0.1, 0.15) is 11.4 Å². The highest BCUT2D eigenvalue weighted by atomic mass is 19.4. The van der Waals surface area contributed by atoms with E-state index in [2.05, 4.69) is 32.6 Å². The highest BCUT2D eigenvalue weighted by molar-refractivity contribution is 5.87. The van der Waals surface area contributed by atoms with Crippen molar-refractivity contribution in [2.75, 3.05) is 17.7 Å². The zero-order valence-electron chi connectivity index (χ0n) is 14.6. The van der Waals surface area contributed by atoms with Crippen molar-refractivity contribution in [2.24, 2.45) is 7.05 Å². The fourth-order valence-electron chi connectivity index (χ4n) is 2.85. The molecule has 0 unspecified atom stereocenters. The average molecular weight is 364 g/mol. The van der Waals surface area contributed by atoms with Gasteiger partial charge in [-0.2, -0.15) is 23.3 Å². The zero-order valence-corrected chi connectivity index (χ0v) is 14.6. The van der Waals surface area contributed by atoms with Crippen LogP contribution in [0.3, 0.4) is 0 Å². The van der Waals surface area contributed by atoms with Gasteiger partial charge >= 0.3 is 6.18 Å². The van der Waals surface area contributed by atoms with Crippen LogP contribution < -0.4 is 10.6 Å². The number of hydrogen-bond acceptors (Lipinski definition) is 5. The van der Waals surface area contributed by atoms with E-state index in [-0.39, 0.29) is 11.8 Å². The Morgan fingerprint density at radius 3 is 2.65 bits per heavy atom. The van der Waals surface area contributed by atoms with Crippen LogP contribution in [-0.4, -0.2) is 26.8 Å². The van der Waals surface area contributed by atoms with E-state index in [1.54, 1.807) is 4.68 Å². The van der Waals surface area contributed by atoms with E-state index in [0.717, 1.165) is 41.2 Å². The summed E-state index contributed by atoms with van der Waals surface area (Å²) in [6.07, 6.45) is -0.140. The first-order chi connectivity index (χ1) is 12.3. The molecule has 0 aliphatic carbocycles. The molecule has 0 amide bonds. The Hall–Kier alpha value is -2.84. The van der Waals surface area contributed by atoms with Crippen LogP contribution >= 0.6 is 0 Å². The summed E-state index contributed by atoms with van der Waals surface area (Å²) < 4.78 is 40.7. The highest BCUT2D eigenvalue weighted by Gasteiger charge is 2.35.